The number of rotatable bonds is 6. The predicted molar refractivity (Wildman–Crippen MR) is 78.0 cm³/mol. The van der Waals surface area contributed by atoms with Gasteiger partial charge in [0.05, 0.1) is 5.02 Å². The molecule has 0 atom stereocenters. The molecule has 20 heavy (non-hydrogen) atoms. The lowest BCUT2D eigenvalue weighted by Crippen LogP contribution is -2.25. The lowest BCUT2D eigenvalue weighted by atomic mass is 10.3. The van der Waals surface area contributed by atoms with Crippen LogP contribution in [0, 0.1) is 0 Å². The van der Waals surface area contributed by atoms with Crippen molar-refractivity contribution in [1.82, 2.24) is 14.7 Å². The maximum Gasteiger partial charge on any atom is 0.242 e. The smallest absolute Gasteiger partial charge is 0.242 e. The Bertz CT molecular complexity index is 671. The van der Waals surface area contributed by atoms with E-state index >= 15 is 0 Å². The third-order valence-corrected chi connectivity index (χ3v) is 4.62. The van der Waals surface area contributed by atoms with Gasteiger partial charge in [-0.25, -0.2) is 18.1 Å². The molecule has 6 nitrogen and oxygen atoms in total. The molecule has 0 unspecified atom stereocenters. The molecular weight excluding hydrogens is 300 g/mol. The number of aromatic nitrogens is 2. The van der Waals surface area contributed by atoms with Gasteiger partial charge in [0.25, 0.3) is 0 Å². The summed E-state index contributed by atoms with van der Waals surface area (Å²) in [5, 5.41) is 0.151. The number of sulfonamides is 1. The summed E-state index contributed by atoms with van der Waals surface area (Å²) in [6, 6.07) is 4.36. The Morgan fingerprint density at radius 3 is 2.90 bits per heavy atom. The second-order valence-electron chi connectivity index (χ2n) is 4.23. The Hall–Kier alpha value is -1.57. The van der Waals surface area contributed by atoms with Gasteiger partial charge in [0, 0.05) is 31.0 Å². The van der Waals surface area contributed by atoms with Crippen molar-refractivity contribution < 1.29 is 8.42 Å². The maximum atomic E-state index is 12.1. The molecule has 0 bridgehead atoms. The highest BCUT2D eigenvalue weighted by Crippen LogP contribution is 2.23. The van der Waals surface area contributed by atoms with Crippen LogP contribution in [0.15, 0.2) is 35.5 Å². The molecule has 1 heterocycles. The van der Waals surface area contributed by atoms with Crippen LogP contribution in [0.4, 0.5) is 5.69 Å². The van der Waals surface area contributed by atoms with Gasteiger partial charge in [-0.2, -0.15) is 0 Å². The lowest BCUT2D eigenvalue weighted by molar-refractivity contribution is 0.578. The Kier molecular flexibility index (Phi) is 4.64. The summed E-state index contributed by atoms with van der Waals surface area (Å²) >= 11 is 5.89. The summed E-state index contributed by atoms with van der Waals surface area (Å²) in [6.07, 6.45) is 4.69. The van der Waals surface area contributed by atoms with Gasteiger partial charge < -0.3 is 10.7 Å². The molecule has 0 saturated heterocycles. The quantitative estimate of drug-likeness (QED) is 0.556. The molecule has 0 aliphatic rings. The minimum atomic E-state index is -3.65. The van der Waals surface area contributed by atoms with E-state index in [0.29, 0.717) is 25.1 Å². The highest BCUT2D eigenvalue weighted by atomic mass is 35.5. The van der Waals surface area contributed by atoms with E-state index in [1.165, 1.54) is 12.1 Å². The van der Waals surface area contributed by atoms with E-state index in [1.54, 1.807) is 18.5 Å². The van der Waals surface area contributed by atoms with E-state index in [9.17, 15) is 8.42 Å². The van der Waals surface area contributed by atoms with Crippen LogP contribution in [0.2, 0.25) is 5.02 Å². The highest BCUT2D eigenvalue weighted by molar-refractivity contribution is 7.89. The van der Waals surface area contributed by atoms with Crippen LogP contribution in [0.5, 0.6) is 0 Å². The first-order valence-electron chi connectivity index (χ1n) is 6.02. The number of hydrogen-bond donors (Lipinski definition) is 3. The molecule has 0 spiro atoms. The van der Waals surface area contributed by atoms with Crippen LogP contribution in [0.25, 0.3) is 0 Å². The summed E-state index contributed by atoms with van der Waals surface area (Å²) in [7, 11) is -3.65. The first-order chi connectivity index (χ1) is 9.49. The molecule has 2 rings (SSSR count). The molecule has 108 valence electrons. The number of hydrogen-bond acceptors (Lipinski definition) is 4. The van der Waals surface area contributed by atoms with Crippen LogP contribution in [-0.4, -0.2) is 24.9 Å². The topological polar surface area (TPSA) is 101 Å². The van der Waals surface area contributed by atoms with Gasteiger partial charge in [-0.15, -0.1) is 0 Å². The third kappa shape index (κ3) is 3.72. The van der Waals surface area contributed by atoms with Crippen molar-refractivity contribution in [1.29, 1.82) is 0 Å². The highest BCUT2D eigenvalue weighted by Gasteiger charge is 2.17. The van der Waals surface area contributed by atoms with Gasteiger partial charge in [0.1, 0.15) is 10.7 Å². The van der Waals surface area contributed by atoms with E-state index in [1.807, 2.05) is 0 Å². The fourth-order valence-electron chi connectivity index (χ4n) is 1.70. The molecule has 0 aliphatic heterocycles. The van der Waals surface area contributed by atoms with Gasteiger partial charge in [0.15, 0.2) is 0 Å². The molecule has 0 fully saturated rings. The number of benzene rings is 1. The SMILES string of the molecule is Nc1ccc(Cl)c(S(=O)(=O)NCCCc2ncc[nH]2)c1. The molecule has 1 aromatic carbocycles. The van der Waals surface area contributed by atoms with Gasteiger partial charge >= 0.3 is 0 Å². The Morgan fingerprint density at radius 1 is 1.40 bits per heavy atom. The van der Waals surface area contributed by atoms with Crippen LogP contribution < -0.4 is 10.5 Å². The molecular formula is C12H15ClN4O2S. The van der Waals surface area contributed by atoms with Crippen molar-refractivity contribution in [3.63, 3.8) is 0 Å². The summed E-state index contributed by atoms with van der Waals surface area (Å²) in [5.74, 6) is 0.825. The monoisotopic (exact) mass is 314 g/mol. The van der Waals surface area contributed by atoms with E-state index in [-0.39, 0.29) is 9.92 Å². The van der Waals surface area contributed by atoms with Crippen molar-refractivity contribution in [2.45, 2.75) is 17.7 Å². The second-order valence-corrected chi connectivity index (χ2v) is 6.37. The summed E-state index contributed by atoms with van der Waals surface area (Å²) in [5.41, 5.74) is 5.93. The first-order valence-corrected chi connectivity index (χ1v) is 7.88. The second kappa shape index (κ2) is 6.25. The van der Waals surface area contributed by atoms with E-state index in [2.05, 4.69) is 14.7 Å². The average molecular weight is 315 g/mol. The fourth-order valence-corrected chi connectivity index (χ4v) is 3.31. The van der Waals surface area contributed by atoms with Crippen LogP contribution in [0.1, 0.15) is 12.2 Å². The molecule has 4 N–H and O–H groups in total. The van der Waals surface area contributed by atoms with E-state index < -0.39 is 10.0 Å². The number of nitrogen functional groups attached to an aromatic ring is 1. The normalized spacial score (nSPS) is 11.7. The van der Waals surface area contributed by atoms with Crippen LogP contribution >= 0.6 is 11.6 Å². The van der Waals surface area contributed by atoms with Crippen molar-refractivity contribution in [2.24, 2.45) is 0 Å². The average Bonchev–Trinajstić information content (AvgIpc) is 2.90. The van der Waals surface area contributed by atoms with Gasteiger partial charge in [0.2, 0.25) is 10.0 Å². The van der Waals surface area contributed by atoms with Gasteiger partial charge in [-0.3, -0.25) is 0 Å². The zero-order chi connectivity index (χ0) is 14.6. The number of nitrogens with one attached hydrogen (secondary N) is 2. The summed E-state index contributed by atoms with van der Waals surface area (Å²) < 4.78 is 26.7. The van der Waals surface area contributed by atoms with Crippen molar-refractivity contribution in [3.8, 4) is 0 Å². The summed E-state index contributed by atoms with van der Waals surface area (Å²) in [4.78, 5) is 7.02. The third-order valence-electron chi connectivity index (χ3n) is 2.68. The Balaban J connectivity index is 1.95. The zero-order valence-electron chi connectivity index (χ0n) is 10.6. The number of aryl methyl sites for hydroxylation is 1. The number of anilines is 1. The molecule has 8 heteroatoms. The minimum absolute atomic E-state index is 0.00262. The number of halogens is 1. The summed E-state index contributed by atoms with van der Waals surface area (Å²) in [6.45, 7) is 0.300. The first kappa shape index (κ1) is 14.8. The minimum Gasteiger partial charge on any atom is -0.399 e. The standard InChI is InChI=1S/C12H15ClN4O2S/c13-10-4-3-9(14)8-11(10)20(18,19)17-5-1-2-12-15-6-7-16-12/h3-4,6-8,17H,1-2,5,14H2,(H,15,16). The van der Waals surface area contributed by atoms with Crippen molar-refractivity contribution >= 4 is 27.3 Å². The van der Waals surface area contributed by atoms with Gasteiger partial charge in [-0.05, 0) is 24.6 Å². The number of nitrogens with zero attached hydrogens (tertiary/aromatic N) is 1. The fraction of sp³-hybridized carbons (Fsp3) is 0.250. The number of imidazole rings is 1. The Morgan fingerprint density at radius 2 is 2.20 bits per heavy atom. The maximum absolute atomic E-state index is 12.1. The largest absolute Gasteiger partial charge is 0.399 e. The number of nitrogens with two attached hydrogens (primary N) is 1. The van der Waals surface area contributed by atoms with Gasteiger partial charge in [-0.1, -0.05) is 11.6 Å². The van der Waals surface area contributed by atoms with Crippen LogP contribution in [-0.2, 0) is 16.4 Å². The van der Waals surface area contributed by atoms with E-state index in [0.717, 1.165) is 5.82 Å². The van der Waals surface area contributed by atoms with E-state index in [4.69, 9.17) is 17.3 Å². The Labute approximate surface area is 122 Å². The molecule has 1 aromatic heterocycles. The molecule has 2 aromatic rings. The van der Waals surface area contributed by atoms with Crippen molar-refractivity contribution in [3.05, 3.63) is 41.4 Å². The predicted octanol–water partition coefficient (Wildman–Crippen LogP) is 1.56. The number of H-pyrrole nitrogens is 1. The molecule has 0 saturated carbocycles. The number of aromatic amines is 1. The lowest BCUT2D eigenvalue weighted by Gasteiger charge is -2.08. The molecule has 0 radical (unpaired) electrons. The molecule has 0 amide bonds. The van der Waals surface area contributed by atoms with Crippen molar-refractivity contribution in [2.75, 3.05) is 12.3 Å². The molecule has 0 aliphatic carbocycles. The zero-order valence-corrected chi connectivity index (χ0v) is 12.2. The van der Waals surface area contributed by atoms with Crippen LogP contribution in [0.3, 0.4) is 0 Å².